The van der Waals surface area contributed by atoms with E-state index in [0.717, 1.165) is 25.3 Å². The van der Waals surface area contributed by atoms with Gasteiger partial charge in [-0.05, 0) is 75.3 Å². The van der Waals surface area contributed by atoms with E-state index < -0.39 is 0 Å². The SMILES string of the molecule is COC(C)(C)CCN1CCC(N(CCC(C)C)c2ccc(OCc3ccccc3)cc2)CC1. The van der Waals surface area contributed by atoms with E-state index in [4.69, 9.17) is 9.47 Å². The monoisotopic (exact) mass is 452 g/mol. The minimum absolute atomic E-state index is 0.0372. The van der Waals surface area contributed by atoms with E-state index >= 15 is 0 Å². The van der Waals surface area contributed by atoms with Gasteiger partial charge in [-0.3, -0.25) is 0 Å². The Morgan fingerprint density at radius 1 is 1.00 bits per heavy atom. The van der Waals surface area contributed by atoms with Crippen molar-refractivity contribution in [1.82, 2.24) is 4.90 Å². The molecule has 2 aromatic carbocycles. The first kappa shape index (κ1) is 25.6. The van der Waals surface area contributed by atoms with Crippen LogP contribution in [0.2, 0.25) is 0 Å². The van der Waals surface area contributed by atoms with Crippen molar-refractivity contribution in [3.63, 3.8) is 0 Å². The number of anilines is 1. The summed E-state index contributed by atoms with van der Waals surface area (Å²) >= 11 is 0. The van der Waals surface area contributed by atoms with Crippen LogP contribution in [0, 0.1) is 5.92 Å². The maximum atomic E-state index is 6.01. The van der Waals surface area contributed by atoms with Crippen LogP contribution in [-0.4, -0.2) is 49.8 Å². The Morgan fingerprint density at radius 2 is 1.67 bits per heavy atom. The first-order chi connectivity index (χ1) is 15.9. The molecule has 0 aliphatic carbocycles. The zero-order valence-corrected chi connectivity index (χ0v) is 21.4. The molecular formula is C29H44N2O2. The van der Waals surface area contributed by atoms with Gasteiger partial charge >= 0.3 is 0 Å². The molecule has 3 rings (SSSR count). The van der Waals surface area contributed by atoms with Crippen molar-refractivity contribution in [2.45, 2.75) is 71.6 Å². The predicted octanol–water partition coefficient (Wildman–Crippen LogP) is 6.40. The van der Waals surface area contributed by atoms with Gasteiger partial charge in [0.15, 0.2) is 0 Å². The molecule has 0 amide bonds. The molecule has 1 aliphatic heterocycles. The number of likely N-dealkylation sites (tertiary alicyclic amines) is 1. The van der Waals surface area contributed by atoms with Crippen molar-refractivity contribution in [1.29, 1.82) is 0 Å². The maximum Gasteiger partial charge on any atom is 0.119 e. The highest BCUT2D eigenvalue weighted by Gasteiger charge is 2.26. The third-order valence-corrected chi connectivity index (χ3v) is 6.94. The Morgan fingerprint density at radius 3 is 2.27 bits per heavy atom. The van der Waals surface area contributed by atoms with Crippen LogP contribution in [0.4, 0.5) is 5.69 Å². The number of piperidine rings is 1. The molecule has 33 heavy (non-hydrogen) atoms. The van der Waals surface area contributed by atoms with Crippen molar-refractivity contribution >= 4 is 5.69 Å². The second-order valence-corrected chi connectivity index (χ2v) is 10.4. The summed E-state index contributed by atoms with van der Waals surface area (Å²) < 4.78 is 11.6. The van der Waals surface area contributed by atoms with Gasteiger partial charge in [0.1, 0.15) is 12.4 Å². The summed E-state index contributed by atoms with van der Waals surface area (Å²) in [6.07, 6.45) is 4.74. The number of benzene rings is 2. The van der Waals surface area contributed by atoms with Gasteiger partial charge in [0.25, 0.3) is 0 Å². The topological polar surface area (TPSA) is 24.9 Å². The molecule has 1 aliphatic rings. The third kappa shape index (κ3) is 8.35. The van der Waals surface area contributed by atoms with Crippen LogP contribution in [0.5, 0.6) is 5.75 Å². The average molecular weight is 453 g/mol. The highest BCUT2D eigenvalue weighted by Crippen LogP contribution is 2.27. The molecule has 4 nitrogen and oxygen atoms in total. The van der Waals surface area contributed by atoms with Gasteiger partial charge in [0, 0.05) is 45.0 Å². The quantitative estimate of drug-likeness (QED) is 0.372. The zero-order chi connectivity index (χ0) is 23.7. The molecule has 4 heteroatoms. The van der Waals surface area contributed by atoms with Gasteiger partial charge in [0.2, 0.25) is 0 Å². The first-order valence-corrected chi connectivity index (χ1v) is 12.7. The maximum absolute atomic E-state index is 6.01. The van der Waals surface area contributed by atoms with Crippen molar-refractivity contribution in [2.75, 3.05) is 38.2 Å². The largest absolute Gasteiger partial charge is 0.489 e. The minimum Gasteiger partial charge on any atom is -0.489 e. The molecule has 0 saturated carbocycles. The van der Waals surface area contributed by atoms with E-state index in [-0.39, 0.29) is 5.60 Å². The fraction of sp³-hybridized carbons (Fsp3) is 0.586. The molecule has 182 valence electrons. The lowest BCUT2D eigenvalue weighted by molar-refractivity contribution is 0.00570. The van der Waals surface area contributed by atoms with Crippen molar-refractivity contribution in [3.8, 4) is 5.75 Å². The van der Waals surface area contributed by atoms with Crippen LogP contribution >= 0.6 is 0 Å². The Labute approximate surface area is 201 Å². The molecular weight excluding hydrogens is 408 g/mol. The van der Waals surface area contributed by atoms with Crippen LogP contribution in [0.25, 0.3) is 0 Å². The average Bonchev–Trinajstić information content (AvgIpc) is 2.83. The van der Waals surface area contributed by atoms with E-state index in [2.05, 4.69) is 86.0 Å². The molecule has 0 N–H and O–H groups in total. The van der Waals surface area contributed by atoms with Crippen LogP contribution in [0.3, 0.4) is 0 Å². The molecule has 0 radical (unpaired) electrons. The summed E-state index contributed by atoms with van der Waals surface area (Å²) in [6, 6.07) is 19.7. The number of hydrogen-bond acceptors (Lipinski definition) is 4. The van der Waals surface area contributed by atoms with Gasteiger partial charge in [-0.2, -0.15) is 0 Å². The second-order valence-electron chi connectivity index (χ2n) is 10.4. The summed E-state index contributed by atoms with van der Waals surface area (Å²) in [4.78, 5) is 5.26. The normalized spacial score (nSPS) is 15.7. The Balaban J connectivity index is 1.58. The summed E-state index contributed by atoms with van der Waals surface area (Å²) in [6.45, 7) is 14.2. The molecule has 2 aromatic rings. The fourth-order valence-corrected chi connectivity index (χ4v) is 4.38. The van der Waals surface area contributed by atoms with E-state index in [0.29, 0.717) is 18.6 Å². The Bertz CT molecular complexity index is 796. The lowest BCUT2D eigenvalue weighted by atomic mass is 9.99. The first-order valence-electron chi connectivity index (χ1n) is 12.7. The standard InChI is InChI=1S/C29H44N2O2/c1-24(2)15-21-31(27-16-19-30(20-17-27)22-18-29(3,4)32-5)26-11-13-28(14-12-26)33-23-25-9-7-6-8-10-25/h6-14,24,27H,15-23H2,1-5H3. The predicted molar refractivity (Wildman–Crippen MR) is 139 cm³/mol. The van der Waals surface area contributed by atoms with E-state index in [1.165, 1.54) is 43.6 Å². The second kappa shape index (κ2) is 12.4. The molecule has 0 aromatic heterocycles. The lowest BCUT2D eigenvalue weighted by Crippen LogP contribution is -2.46. The highest BCUT2D eigenvalue weighted by molar-refractivity contribution is 5.50. The number of rotatable bonds is 12. The summed E-state index contributed by atoms with van der Waals surface area (Å²) in [7, 11) is 1.82. The van der Waals surface area contributed by atoms with E-state index in [1.54, 1.807) is 0 Å². The summed E-state index contributed by atoms with van der Waals surface area (Å²) in [5.41, 5.74) is 2.48. The van der Waals surface area contributed by atoms with Crippen molar-refractivity contribution in [2.24, 2.45) is 5.92 Å². The number of nitrogens with zero attached hydrogens (tertiary/aromatic N) is 2. The van der Waals surface area contributed by atoms with Crippen LogP contribution < -0.4 is 9.64 Å². The van der Waals surface area contributed by atoms with Gasteiger partial charge in [-0.25, -0.2) is 0 Å². The number of hydrogen-bond donors (Lipinski definition) is 0. The van der Waals surface area contributed by atoms with Gasteiger partial charge < -0.3 is 19.3 Å². The minimum atomic E-state index is -0.0372. The Hall–Kier alpha value is -2.04. The van der Waals surface area contributed by atoms with E-state index in [1.807, 2.05) is 13.2 Å². The molecule has 0 bridgehead atoms. The lowest BCUT2D eigenvalue weighted by Gasteiger charge is -2.41. The smallest absolute Gasteiger partial charge is 0.119 e. The van der Waals surface area contributed by atoms with Crippen LogP contribution in [0.15, 0.2) is 54.6 Å². The Kier molecular flexibility index (Phi) is 9.64. The molecule has 1 fully saturated rings. The molecule has 1 heterocycles. The van der Waals surface area contributed by atoms with Crippen molar-refractivity contribution in [3.05, 3.63) is 60.2 Å². The van der Waals surface area contributed by atoms with Crippen molar-refractivity contribution < 1.29 is 9.47 Å². The fourth-order valence-electron chi connectivity index (χ4n) is 4.38. The molecule has 0 spiro atoms. The molecule has 1 saturated heterocycles. The zero-order valence-electron chi connectivity index (χ0n) is 21.4. The summed E-state index contributed by atoms with van der Waals surface area (Å²) in [5.74, 6) is 1.64. The van der Waals surface area contributed by atoms with Gasteiger partial charge in [0.05, 0.1) is 5.60 Å². The van der Waals surface area contributed by atoms with Gasteiger partial charge in [-0.1, -0.05) is 44.2 Å². The number of ether oxygens (including phenoxy) is 2. The summed E-state index contributed by atoms with van der Waals surface area (Å²) in [5, 5.41) is 0. The molecule has 0 unspecified atom stereocenters. The molecule has 0 atom stereocenters. The number of methoxy groups -OCH3 is 1. The third-order valence-electron chi connectivity index (χ3n) is 6.94. The van der Waals surface area contributed by atoms with Crippen LogP contribution in [0.1, 0.15) is 58.9 Å². The van der Waals surface area contributed by atoms with Crippen LogP contribution in [-0.2, 0) is 11.3 Å². The van der Waals surface area contributed by atoms with Gasteiger partial charge in [-0.15, -0.1) is 0 Å². The van der Waals surface area contributed by atoms with E-state index in [9.17, 15) is 0 Å². The highest BCUT2D eigenvalue weighted by atomic mass is 16.5.